The second-order valence-corrected chi connectivity index (χ2v) is 9.25. The van der Waals surface area contributed by atoms with Crippen LogP contribution in [-0.2, 0) is 23.9 Å². The Hall–Kier alpha value is -1.37. The lowest BCUT2D eigenvalue weighted by molar-refractivity contribution is -0.191. The topological polar surface area (TPSA) is 89.9 Å². The molecule has 0 aromatic heterocycles. The van der Waals surface area contributed by atoms with E-state index < -0.39 is 23.7 Å². The van der Waals surface area contributed by atoms with Gasteiger partial charge in [-0.05, 0) is 31.6 Å². The second kappa shape index (κ2) is 7.15. The molecule has 2 saturated carbocycles. The molecule has 0 aromatic carbocycles. The van der Waals surface area contributed by atoms with Crippen LogP contribution >= 0.6 is 0 Å². The summed E-state index contributed by atoms with van der Waals surface area (Å²) in [4.78, 5) is 36.6. The van der Waals surface area contributed by atoms with Crippen LogP contribution in [0.2, 0.25) is 0 Å². The highest BCUT2D eigenvalue weighted by Gasteiger charge is 2.60. The number of aliphatic hydroxyl groups excluding tert-OH is 1. The summed E-state index contributed by atoms with van der Waals surface area (Å²) in [6, 6.07) is 0. The van der Waals surface area contributed by atoms with Gasteiger partial charge in [0.05, 0.1) is 25.2 Å². The van der Waals surface area contributed by atoms with E-state index >= 15 is 0 Å². The van der Waals surface area contributed by atoms with E-state index in [4.69, 9.17) is 9.47 Å². The van der Waals surface area contributed by atoms with Crippen LogP contribution in [0.4, 0.5) is 0 Å². The molecule has 0 amide bonds. The van der Waals surface area contributed by atoms with Crippen molar-refractivity contribution in [2.24, 2.45) is 29.1 Å². The molecule has 0 aromatic rings. The normalized spacial score (nSPS) is 41.9. The molecule has 1 N–H and O–H groups in total. The molecule has 1 saturated heterocycles. The summed E-state index contributed by atoms with van der Waals surface area (Å²) in [5.74, 6) is -2.39. The van der Waals surface area contributed by atoms with E-state index in [-0.39, 0.29) is 35.2 Å². The van der Waals surface area contributed by atoms with Crippen molar-refractivity contribution in [1.82, 2.24) is 0 Å². The summed E-state index contributed by atoms with van der Waals surface area (Å²) in [7, 11) is 0. The molecule has 4 aliphatic rings. The highest BCUT2D eigenvalue weighted by Crippen LogP contribution is 2.60. The molecule has 6 nitrogen and oxygen atoms in total. The number of aliphatic hydroxyl groups is 1. The van der Waals surface area contributed by atoms with Crippen LogP contribution in [0.25, 0.3) is 0 Å². The van der Waals surface area contributed by atoms with E-state index in [1.807, 2.05) is 0 Å². The first-order valence-electron chi connectivity index (χ1n) is 10.5. The first-order chi connectivity index (χ1) is 13.3. The second-order valence-electron chi connectivity index (χ2n) is 9.25. The van der Waals surface area contributed by atoms with Crippen molar-refractivity contribution in [2.75, 3.05) is 13.2 Å². The Labute approximate surface area is 165 Å². The first-order valence-corrected chi connectivity index (χ1v) is 10.5. The Morgan fingerprint density at radius 2 is 2.04 bits per heavy atom. The SMILES string of the molecule is CC(=O)CC[C@H]1C(=O)[C@H]2CC=C3CC4(CC[C@]3(C)[C@@H]2[C@@H](O)[C@H]1C=O)OCCO4. The molecule has 6 atom stereocenters. The minimum absolute atomic E-state index is 0.000919. The number of ether oxygens (including phenoxy) is 2. The number of hydrogen-bond donors (Lipinski definition) is 1. The third-order valence-corrected chi connectivity index (χ3v) is 7.74. The fourth-order valence-corrected chi connectivity index (χ4v) is 6.20. The molecule has 28 heavy (non-hydrogen) atoms. The zero-order chi connectivity index (χ0) is 20.1. The molecule has 4 rings (SSSR count). The van der Waals surface area contributed by atoms with E-state index in [0.29, 0.717) is 32.5 Å². The minimum atomic E-state index is -0.870. The highest BCUT2D eigenvalue weighted by molar-refractivity contribution is 5.89. The van der Waals surface area contributed by atoms with E-state index in [9.17, 15) is 19.5 Å². The smallest absolute Gasteiger partial charge is 0.172 e. The van der Waals surface area contributed by atoms with E-state index in [1.54, 1.807) is 0 Å². The summed E-state index contributed by atoms with van der Waals surface area (Å²) in [6.07, 6.45) is 5.33. The summed E-state index contributed by atoms with van der Waals surface area (Å²) in [6.45, 7) is 4.81. The average molecular weight is 390 g/mol. The first kappa shape index (κ1) is 19.9. The van der Waals surface area contributed by atoms with Crippen molar-refractivity contribution in [2.45, 2.75) is 64.3 Å². The van der Waals surface area contributed by atoms with Gasteiger partial charge in [-0.3, -0.25) is 4.79 Å². The van der Waals surface area contributed by atoms with Crippen LogP contribution in [-0.4, -0.2) is 48.1 Å². The number of carbonyl (C=O) groups excluding carboxylic acids is 3. The van der Waals surface area contributed by atoms with Crippen molar-refractivity contribution >= 4 is 17.9 Å². The van der Waals surface area contributed by atoms with Gasteiger partial charge in [-0.1, -0.05) is 18.6 Å². The van der Waals surface area contributed by atoms with Crippen LogP contribution in [0.1, 0.15) is 52.4 Å². The van der Waals surface area contributed by atoms with Crippen molar-refractivity contribution in [3.63, 3.8) is 0 Å². The Balaban J connectivity index is 1.64. The van der Waals surface area contributed by atoms with E-state index in [2.05, 4.69) is 13.0 Å². The van der Waals surface area contributed by atoms with Crippen molar-refractivity contribution < 1.29 is 29.0 Å². The van der Waals surface area contributed by atoms with Crippen LogP contribution in [0.5, 0.6) is 0 Å². The van der Waals surface area contributed by atoms with Crippen LogP contribution < -0.4 is 0 Å². The maximum absolute atomic E-state index is 13.3. The van der Waals surface area contributed by atoms with Gasteiger partial charge >= 0.3 is 0 Å². The molecule has 154 valence electrons. The van der Waals surface area contributed by atoms with Crippen molar-refractivity contribution in [1.29, 1.82) is 0 Å². The Morgan fingerprint density at radius 3 is 2.68 bits per heavy atom. The van der Waals surface area contributed by atoms with Gasteiger partial charge in [-0.15, -0.1) is 0 Å². The van der Waals surface area contributed by atoms with Crippen molar-refractivity contribution in [3.8, 4) is 0 Å². The molecule has 0 radical (unpaired) electrons. The molecule has 0 bridgehead atoms. The average Bonchev–Trinajstić information content (AvgIpc) is 3.11. The number of Topliss-reactive ketones (excluding diaryl/α,β-unsaturated/α-hetero) is 2. The van der Waals surface area contributed by atoms with E-state index in [0.717, 1.165) is 19.1 Å². The summed E-state index contributed by atoms with van der Waals surface area (Å²) in [5, 5.41) is 11.2. The standard InChI is InChI=1S/C22H30O6/c1-13(24)3-5-15-17(12-23)20(26)18-16(19(15)25)6-4-14-11-22(27-9-10-28-22)8-7-21(14,18)2/h4,12,15-18,20,26H,3,5-11H2,1-2H3/t15-,16+,17+,18+,20+,21+/m1/s1. The number of rotatable bonds is 4. The number of aldehydes is 1. The van der Waals surface area contributed by atoms with Gasteiger partial charge in [0.25, 0.3) is 0 Å². The Morgan fingerprint density at radius 1 is 1.32 bits per heavy atom. The third-order valence-electron chi connectivity index (χ3n) is 7.74. The number of hydrogen-bond acceptors (Lipinski definition) is 6. The fraction of sp³-hybridized carbons (Fsp3) is 0.773. The molecular formula is C22H30O6. The van der Waals surface area contributed by atoms with Gasteiger partial charge in [0.15, 0.2) is 5.79 Å². The minimum Gasteiger partial charge on any atom is -0.392 e. The number of ketones is 2. The van der Waals surface area contributed by atoms with Gasteiger partial charge < -0.3 is 24.2 Å². The summed E-state index contributed by atoms with van der Waals surface area (Å²) in [5.41, 5.74) is 0.839. The van der Waals surface area contributed by atoms with Gasteiger partial charge in [0.1, 0.15) is 17.9 Å². The van der Waals surface area contributed by atoms with Crippen LogP contribution in [0.15, 0.2) is 11.6 Å². The zero-order valence-electron chi connectivity index (χ0n) is 16.7. The van der Waals surface area contributed by atoms with Gasteiger partial charge in [-0.25, -0.2) is 0 Å². The lowest BCUT2D eigenvalue weighted by atomic mass is 9.49. The van der Waals surface area contributed by atoms with Gasteiger partial charge in [0, 0.05) is 37.0 Å². The number of fused-ring (bicyclic) bond motifs is 3. The molecule has 3 fully saturated rings. The zero-order valence-corrected chi connectivity index (χ0v) is 16.7. The summed E-state index contributed by atoms with van der Waals surface area (Å²) < 4.78 is 11.8. The molecule has 1 aliphatic heterocycles. The maximum Gasteiger partial charge on any atom is 0.172 e. The van der Waals surface area contributed by atoms with Gasteiger partial charge in [-0.2, -0.15) is 0 Å². The van der Waals surface area contributed by atoms with Crippen LogP contribution in [0, 0.1) is 29.1 Å². The fourth-order valence-electron chi connectivity index (χ4n) is 6.20. The lowest BCUT2D eigenvalue weighted by Crippen LogP contribution is -2.59. The quantitative estimate of drug-likeness (QED) is 0.585. The molecule has 3 aliphatic carbocycles. The summed E-state index contributed by atoms with van der Waals surface area (Å²) >= 11 is 0. The molecular weight excluding hydrogens is 360 g/mol. The predicted molar refractivity (Wildman–Crippen MR) is 100 cm³/mol. The Kier molecular flexibility index (Phi) is 5.09. The number of carbonyl (C=O) groups is 3. The van der Waals surface area contributed by atoms with E-state index in [1.165, 1.54) is 12.5 Å². The lowest BCUT2D eigenvalue weighted by Gasteiger charge is -2.56. The monoisotopic (exact) mass is 390 g/mol. The third kappa shape index (κ3) is 3.01. The number of allylic oxidation sites excluding steroid dienone is 1. The predicted octanol–water partition coefficient (Wildman–Crippen LogP) is 2.23. The Bertz CT molecular complexity index is 706. The van der Waals surface area contributed by atoms with Crippen molar-refractivity contribution in [3.05, 3.63) is 11.6 Å². The van der Waals surface area contributed by atoms with Gasteiger partial charge in [0.2, 0.25) is 0 Å². The largest absolute Gasteiger partial charge is 0.392 e. The van der Waals surface area contributed by atoms with Crippen LogP contribution in [0.3, 0.4) is 0 Å². The molecule has 1 heterocycles. The molecule has 6 heteroatoms. The molecule has 1 spiro atoms. The highest BCUT2D eigenvalue weighted by atomic mass is 16.7. The molecule has 0 unspecified atom stereocenters. The maximum atomic E-state index is 13.3.